The van der Waals surface area contributed by atoms with Crippen molar-refractivity contribution in [3.63, 3.8) is 0 Å². The number of alkyl halides is 3. The van der Waals surface area contributed by atoms with Gasteiger partial charge >= 0.3 is 6.18 Å². The highest BCUT2D eigenvalue weighted by atomic mass is 32.2. The number of sulfonamides is 1. The quantitative estimate of drug-likeness (QED) is 0.916. The van der Waals surface area contributed by atoms with Crippen LogP contribution in [0.15, 0.2) is 29.2 Å². The fraction of sp³-hybridized carbons (Fsp3) is 0.417. The van der Waals surface area contributed by atoms with Gasteiger partial charge in [-0.3, -0.25) is 4.79 Å². The first kappa shape index (κ1) is 15.8. The van der Waals surface area contributed by atoms with Gasteiger partial charge in [-0.15, -0.1) is 0 Å². The first-order valence-corrected chi connectivity index (χ1v) is 7.57. The normalized spacial score (nSPS) is 20.6. The van der Waals surface area contributed by atoms with E-state index in [0.29, 0.717) is 4.31 Å². The van der Waals surface area contributed by atoms with Crippen LogP contribution in [0.3, 0.4) is 0 Å². The Bertz CT molecular complexity index is 658. The Morgan fingerprint density at radius 2 is 1.90 bits per heavy atom. The van der Waals surface area contributed by atoms with Gasteiger partial charge in [-0.1, -0.05) is 12.1 Å². The molecular formula is C12H13F3N2O3S. The molecule has 1 aliphatic heterocycles. The molecule has 1 aromatic rings. The number of rotatable bonds is 3. The second-order valence-electron chi connectivity index (χ2n) is 4.68. The van der Waals surface area contributed by atoms with Gasteiger partial charge in [0.25, 0.3) is 0 Å². The van der Waals surface area contributed by atoms with E-state index in [1.165, 1.54) is 18.2 Å². The first-order chi connectivity index (χ1) is 9.65. The summed E-state index contributed by atoms with van der Waals surface area (Å²) in [4.78, 5) is 10.8. The third-order valence-electron chi connectivity index (χ3n) is 3.32. The van der Waals surface area contributed by atoms with Crippen LogP contribution in [0.25, 0.3) is 0 Å². The molecule has 1 aliphatic rings. The highest BCUT2D eigenvalue weighted by molar-refractivity contribution is 7.89. The van der Waals surface area contributed by atoms with E-state index in [-0.39, 0.29) is 24.9 Å². The largest absolute Gasteiger partial charge is 0.405 e. The second-order valence-corrected chi connectivity index (χ2v) is 6.53. The molecule has 1 atom stereocenters. The molecule has 116 valence electrons. The molecule has 0 radical (unpaired) electrons. The first-order valence-electron chi connectivity index (χ1n) is 6.13. The van der Waals surface area contributed by atoms with Crippen molar-refractivity contribution in [1.29, 1.82) is 0 Å². The van der Waals surface area contributed by atoms with Crippen molar-refractivity contribution in [1.82, 2.24) is 4.31 Å². The number of carbonyl (C=O) groups is 1. The Morgan fingerprint density at radius 1 is 1.29 bits per heavy atom. The summed E-state index contributed by atoms with van der Waals surface area (Å²) in [6, 6.07) is 2.92. The van der Waals surface area contributed by atoms with Crippen LogP contribution in [-0.2, 0) is 10.0 Å². The highest BCUT2D eigenvalue weighted by Crippen LogP contribution is 2.36. The third-order valence-corrected chi connectivity index (χ3v) is 5.29. The van der Waals surface area contributed by atoms with Crippen molar-refractivity contribution in [2.45, 2.75) is 30.0 Å². The molecule has 5 nitrogen and oxygen atoms in total. The summed E-state index contributed by atoms with van der Waals surface area (Å²) in [5.41, 5.74) is 4.77. The number of primary amides is 1. The van der Waals surface area contributed by atoms with Gasteiger partial charge in [0.05, 0.1) is 10.5 Å². The van der Waals surface area contributed by atoms with Crippen LogP contribution in [0.5, 0.6) is 0 Å². The standard InChI is InChI=1S/C12H13F3N2O3S/c13-12(14,15)10-6-3-7-17(10)21(19,20)9-5-2-1-4-8(9)11(16)18/h1-2,4-5,10H,3,6-7H2,(H2,16,18)/t10-/m1/s1. The van der Waals surface area contributed by atoms with E-state index in [9.17, 15) is 26.4 Å². The fourth-order valence-electron chi connectivity index (χ4n) is 2.38. The molecule has 1 amide bonds. The predicted molar refractivity (Wildman–Crippen MR) is 67.9 cm³/mol. The van der Waals surface area contributed by atoms with Gasteiger partial charge < -0.3 is 5.73 Å². The number of nitrogens with zero attached hydrogens (tertiary/aromatic N) is 1. The van der Waals surface area contributed by atoms with Crippen LogP contribution in [0, 0.1) is 0 Å². The van der Waals surface area contributed by atoms with Crippen LogP contribution < -0.4 is 5.73 Å². The van der Waals surface area contributed by atoms with Gasteiger partial charge in [0.2, 0.25) is 15.9 Å². The molecule has 21 heavy (non-hydrogen) atoms. The van der Waals surface area contributed by atoms with E-state index in [4.69, 9.17) is 5.73 Å². The maximum absolute atomic E-state index is 12.9. The number of amides is 1. The maximum Gasteiger partial charge on any atom is 0.405 e. The predicted octanol–water partition coefficient (Wildman–Crippen LogP) is 1.50. The molecule has 9 heteroatoms. The SMILES string of the molecule is NC(=O)c1ccccc1S(=O)(=O)N1CCC[C@@H]1C(F)(F)F. The molecule has 0 unspecified atom stereocenters. The van der Waals surface area contributed by atoms with E-state index in [2.05, 4.69) is 0 Å². The minimum absolute atomic E-state index is 0.113. The minimum Gasteiger partial charge on any atom is -0.366 e. The average molecular weight is 322 g/mol. The summed E-state index contributed by atoms with van der Waals surface area (Å²) in [5.74, 6) is -1.00. The lowest BCUT2D eigenvalue weighted by Gasteiger charge is -2.26. The third kappa shape index (κ3) is 2.88. The van der Waals surface area contributed by atoms with E-state index in [1.807, 2.05) is 0 Å². The van der Waals surface area contributed by atoms with Crippen molar-refractivity contribution in [2.24, 2.45) is 5.73 Å². The number of benzene rings is 1. The number of hydrogen-bond acceptors (Lipinski definition) is 3. The van der Waals surface area contributed by atoms with Crippen molar-refractivity contribution in [3.8, 4) is 0 Å². The van der Waals surface area contributed by atoms with Gasteiger partial charge in [-0.25, -0.2) is 8.42 Å². The molecule has 0 saturated carbocycles. The van der Waals surface area contributed by atoms with E-state index in [1.54, 1.807) is 0 Å². The van der Waals surface area contributed by atoms with Gasteiger partial charge in [0.15, 0.2) is 0 Å². The van der Waals surface area contributed by atoms with Crippen LogP contribution in [0.2, 0.25) is 0 Å². The number of halogens is 3. The van der Waals surface area contributed by atoms with E-state index < -0.39 is 33.0 Å². The summed E-state index contributed by atoms with van der Waals surface area (Å²) in [5, 5.41) is 0. The zero-order valence-corrected chi connectivity index (χ0v) is 11.6. The second kappa shape index (κ2) is 5.30. The van der Waals surface area contributed by atoms with E-state index >= 15 is 0 Å². The Labute approximate surface area is 119 Å². The maximum atomic E-state index is 12.9. The Kier molecular flexibility index (Phi) is 3.98. The van der Waals surface area contributed by atoms with Crippen LogP contribution >= 0.6 is 0 Å². The van der Waals surface area contributed by atoms with Gasteiger partial charge in [-0.2, -0.15) is 17.5 Å². The van der Waals surface area contributed by atoms with Crippen LogP contribution in [0.4, 0.5) is 13.2 Å². The average Bonchev–Trinajstić information content (AvgIpc) is 2.88. The molecule has 2 rings (SSSR count). The van der Waals surface area contributed by atoms with Crippen molar-refractivity contribution >= 4 is 15.9 Å². The molecule has 0 aliphatic carbocycles. The molecule has 0 spiro atoms. The van der Waals surface area contributed by atoms with Crippen LogP contribution in [-0.4, -0.2) is 37.4 Å². The molecule has 0 aromatic heterocycles. The molecule has 1 heterocycles. The van der Waals surface area contributed by atoms with Crippen molar-refractivity contribution in [3.05, 3.63) is 29.8 Å². The molecule has 1 saturated heterocycles. The lowest BCUT2D eigenvalue weighted by Crippen LogP contribution is -2.44. The summed E-state index contributed by atoms with van der Waals surface area (Å²) in [7, 11) is -4.43. The lowest BCUT2D eigenvalue weighted by molar-refractivity contribution is -0.165. The summed E-state index contributed by atoms with van der Waals surface area (Å²) in [6.45, 7) is -0.237. The topological polar surface area (TPSA) is 80.5 Å². The minimum atomic E-state index is -4.65. The summed E-state index contributed by atoms with van der Waals surface area (Å²) < 4.78 is 64.0. The van der Waals surface area contributed by atoms with E-state index in [0.717, 1.165) is 6.07 Å². The Hall–Kier alpha value is -1.61. The zero-order chi connectivity index (χ0) is 15.8. The number of nitrogens with two attached hydrogens (primary N) is 1. The number of carbonyl (C=O) groups excluding carboxylic acids is 1. The zero-order valence-electron chi connectivity index (χ0n) is 10.8. The van der Waals surface area contributed by atoms with Gasteiger partial charge in [0, 0.05) is 6.54 Å². The molecular weight excluding hydrogens is 309 g/mol. The van der Waals surface area contributed by atoms with Crippen molar-refractivity contribution < 1.29 is 26.4 Å². The molecule has 1 fully saturated rings. The Balaban J connectivity index is 2.50. The summed E-state index contributed by atoms with van der Waals surface area (Å²) in [6.07, 6.45) is -4.82. The van der Waals surface area contributed by atoms with Gasteiger partial charge in [-0.05, 0) is 25.0 Å². The molecule has 0 bridgehead atoms. The van der Waals surface area contributed by atoms with Crippen LogP contribution in [0.1, 0.15) is 23.2 Å². The smallest absolute Gasteiger partial charge is 0.366 e. The van der Waals surface area contributed by atoms with Gasteiger partial charge in [0.1, 0.15) is 6.04 Å². The monoisotopic (exact) mass is 322 g/mol. The lowest BCUT2D eigenvalue weighted by atomic mass is 10.2. The molecule has 1 aromatic carbocycles. The fourth-order valence-corrected chi connectivity index (χ4v) is 4.26. The highest BCUT2D eigenvalue weighted by Gasteiger charge is 2.50. The number of hydrogen-bond donors (Lipinski definition) is 1. The Morgan fingerprint density at radius 3 is 2.48 bits per heavy atom. The summed E-state index contributed by atoms with van der Waals surface area (Å²) >= 11 is 0. The van der Waals surface area contributed by atoms with Crippen molar-refractivity contribution in [2.75, 3.05) is 6.54 Å². The molecule has 2 N–H and O–H groups in total.